The lowest BCUT2D eigenvalue weighted by atomic mass is 10.2. The number of aryl methyl sites for hydroxylation is 2. The van der Waals surface area contributed by atoms with Crippen LogP contribution in [-0.4, -0.2) is 54.3 Å². The zero-order chi connectivity index (χ0) is 15.8. The lowest BCUT2D eigenvalue weighted by molar-refractivity contribution is -0.194. The predicted octanol–water partition coefficient (Wildman–Crippen LogP) is 1.16. The molecule has 0 saturated carbocycles. The Kier molecular flexibility index (Phi) is 4.31. The summed E-state index contributed by atoms with van der Waals surface area (Å²) in [6.07, 6.45) is -3.71. The SMILES string of the molecule is CCn1cc(S(=O)(=O)N2CC(OCC(F)(F)F)C2)nc1C. The summed E-state index contributed by atoms with van der Waals surface area (Å²) in [6, 6.07) is 0. The van der Waals surface area contributed by atoms with Crippen LogP contribution in [0.4, 0.5) is 13.2 Å². The summed E-state index contributed by atoms with van der Waals surface area (Å²) in [5.41, 5.74) is 0. The Hall–Kier alpha value is -1.13. The normalized spacial score (nSPS) is 18.0. The van der Waals surface area contributed by atoms with Crippen molar-refractivity contribution >= 4 is 10.0 Å². The molecule has 2 heterocycles. The monoisotopic (exact) mass is 327 g/mol. The van der Waals surface area contributed by atoms with Crippen LogP contribution in [-0.2, 0) is 21.3 Å². The Morgan fingerprint density at radius 1 is 1.43 bits per heavy atom. The second-order valence-electron chi connectivity index (χ2n) is 4.78. The highest BCUT2D eigenvalue weighted by Crippen LogP contribution is 2.24. The molecule has 0 aromatic carbocycles. The Morgan fingerprint density at radius 3 is 2.52 bits per heavy atom. The van der Waals surface area contributed by atoms with E-state index >= 15 is 0 Å². The molecule has 6 nitrogen and oxygen atoms in total. The van der Waals surface area contributed by atoms with E-state index in [1.165, 1.54) is 6.20 Å². The van der Waals surface area contributed by atoms with Gasteiger partial charge in [-0.2, -0.15) is 17.5 Å². The smallest absolute Gasteiger partial charge is 0.366 e. The molecule has 1 aliphatic heterocycles. The van der Waals surface area contributed by atoms with Crippen molar-refractivity contribution in [3.05, 3.63) is 12.0 Å². The molecule has 1 saturated heterocycles. The lowest BCUT2D eigenvalue weighted by Gasteiger charge is -2.37. The Bertz CT molecular complexity index is 606. The number of sulfonamides is 1. The van der Waals surface area contributed by atoms with Gasteiger partial charge < -0.3 is 9.30 Å². The molecular formula is C11H16F3N3O3S. The minimum absolute atomic E-state index is 0.0869. The molecule has 0 bridgehead atoms. The molecule has 120 valence electrons. The first kappa shape index (κ1) is 16.2. The van der Waals surface area contributed by atoms with Gasteiger partial charge in [0.25, 0.3) is 10.0 Å². The molecule has 0 spiro atoms. The summed E-state index contributed by atoms with van der Waals surface area (Å²) < 4.78 is 67.7. The van der Waals surface area contributed by atoms with E-state index in [0.717, 1.165) is 4.31 Å². The first-order chi connectivity index (χ1) is 9.63. The summed E-state index contributed by atoms with van der Waals surface area (Å²) in [6.45, 7) is 2.59. The van der Waals surface area contributed by atoms with E-state index in [1.54, 1.807) is 11.5 Å². The van der Waals surface area contributed by atoms with Gasteiger partial charge in [0.05, 0.1) is 6.10 Å². The van der Waals surface area contributed by atoms with Crippen LogP contribution in [0.15, 0.2) is 11.2 Å². The van der Waals surface area contributed by atoms with Gasteiger partial charge in [-0.05, 0) is 13.8 Å². The van der Waals surface area contributed by atoms with Gasteiger partial charge in [-0.15, -0.1) is 0 Å². The lowest BCUT2D eigenvalue weighted by Crippen LogP contribution is -2.55. The number of halogens is 3. The molecular weight excluding hydrogens is 311 g/mol. The van der Waals surface area contributed by atoms with Gasteiger partial charge in [-0.25, -0.2) is 13.4 Å². The molecule has 1 aliphatic rings. The van der Waals surface area contributed by atoms with Gasteiger partial charge in [0.1, 0.15) is 12.4 Å². The number of nitrogens with zero attached hydrogens (tertiary/aromatic N) is 3. The van der Waals surface area contributed by atoms with Crippen molar-refractivity contribution in [2.75, 3.05) is 19.7 Å². The molecule has 2 rings (SSSR count). The van der Waals surface area contributed by atoms with Gasteiger partial charge >= 0.3 is 6.18 Å². The predicted molar refractivity (Wildman–Crippen MR) is 67.2 cm³/mol. The Balaban J connectivity index is 1.97. The molecule has 0 radical (unpaired) electrons. The number of ether oxygens (including phenoxy) is 1. The maximum absolute atomic E-state index is 12.2. The van der Waals surface area contributed by atoms with E-state index in [4.69, 9.17) is 0 Å². The number of imidazole rings is 1. The van der Waals surface area contributed by atoms with Crippen molar-refractivity contribution in [2.24, 2.45) is 0 Å². The molecule has 0 amide bonds. The molecule has 0 N–H and O–H groups in total. The van der Waals surface area contributed by atoms with Crippen molar-refractivity contribution in [3.8, 4) is 0 Å². The number of aromatic nitrogens is 2. The van der Waals surface area contributed by atoms with Crippen LogP contribution in [0.5, 0.6) is 0 Å². The summed E-state index contributed by atoms with van der Waals surface area (Å²) in [4.78, 5) is 3.98. The van der Waals surface area contributed by atoms with Crippen LogP contribution in [0.2, 0.25) is 0 Å². The maximum atomic E-state index is 12.2. The first-order valence-corrected chi connectivity index (χ1v) is 7.79. The van der Waals surface area contributed by atoms with E-state index in [9.17, 15) is 21.6 Å². The number of rotatable bonds is 5. The average Bonchev–Trinajstić information content (AvgIpc) is 2.67. The largest absolute Gasteiger partial charge is 0.411 e. The zero-order valence-electron chi connectivity index (χ0n) is 11.6. The number of hydrogen-bond acceptors (Lipinski definition) is 4. The summed E-state index contributed by atoms with van der Waals surface area (Å²) in [5.74, 6) is 0.571. The van der Waals surface area contributed by atoms with E-state index in [2.05, 4.69) is 9.72 Å². The van der Waals surface area contributed by atoms with E-state index in [-0.39, 0.29) is 18.1 Å². The van der Waals surface area contributed by atoms with Crippen molar-refractivity contribution < 1.29 is 26.3 Å². The van der Waals surface area contributed by atoms with Gasteiger partial charge in [-0.3, -0.25) is 0 Å². The molecule has 10 heteroatoms. The van der Waals surface area contributed by atoms with Crippen molar-refractivity contribution in [2.45, 2.75) is 37.7 Å². The number of hydrogen-bond donors (Lipinski definition) is 0. The highest BCUT2D eigenvalue weighted by molar-refractivity contribution is 7.89. The fourth-order valence-corrected chi connectivity index (χ4v) is 3.47. The quantitative estimate of drug-likeness (QED) is 0.814. The van der Waals surface area contributed by atoms with Crippen LogP contribution in [0.25, 0.3) is 0 Å². The number of alkyl halides is 3. The second-order valence-corrected chi connectivity index (χ2v) is 6.67. The molecule has 0 aliphatic carbocycles. The third-order valence-electron chi connectivity index (χ3n) is 3.20. The highest BCUT2D eigenvalue weighted by Gasteiger charge is 2.40. The summed E-state index contributed by atoms with van der Waals surface area (Å²) >= 11 is 0. The minimum atomic E-state index is -4.41. The molecule has 1 fully saturated rings. The fraction of sp³-hybridized carbons (Fsp3) is 0.727. The van der Waals surface area contributed by atoms with Crippen molar-refractivity contribution in [3.63, 3.8) is 0 Å². The van der Waals surface area contributed by atoms with E-state index in [1.807, 2.05) is 6.92 Å². The average molecular weight is 327 g/mol. The van der Waals surface area contributed by atoms with Gasteiger partial charge in [0, 0.05) is 25.8 Å². The van der Waals surface area contributed by atoms with Crippen molar-refractivity contribution in [1.29, 1.82) is 0 Å². The van der Waals surface area contributed by atoms with Gasteiger partial charge in [0.2, 0.25) is 0 Å². The Morgan fingerprint density at radius 2 is 2.05 bits per heavy atom. The third-order valence-corrected chi connectivity index (χ3v) is 4.90. The second kappa shape index (κ2) is 5.58. The maximum Gasteiger partial charge on any atom is 0.411 e. The topological polar surface area (TPSA) is 64.4 Å². The summed E-state index contributed by atoms with van der Waals surface area (Å²) in [7, 11) is -3.76. The molecule has 0 atom stereocenters. The minimum Gasteiger partial charge on any atom is -0.366 e. The first-order valence-electron chi connectivity index (χ1n) is 6.35. The van der Waals surface area contributed by atoms with Crippen LogP contribution in [0.3, 0.4) is 0 Å². The van der Waals surface area contributed by atoms with Crippen LogP contribution < -0.4 is 0 Å². The molecule has 1 aromatic rings. The fourth-order valence-electron chi connectivity index (χ4n) is 1.97. The van der Waals surface area contributed by atoms with Crippen LogP contribution >= 0.6 is 0 Å². The zero-order valence-corrected chi connectivity index (χ0v) is 12.4. The molecule has 0 unspecified atom stereocenters. The van der Waals surface area contributed by atoms with Crippen LogP contribution in [0.1, 0.15) is 12.7 Å². The molecule has 1 aromatic heterocycles. The highest BCUT2D eigenvalue weighted by atomic mass is 32.2. The van der Waals surface area contributed by atoms with Gasteiger partial charge in [0.15, 0.2) is 5.03 Å². The molecule has 21 heavy (non-hydrogen) atoms. The third kappa shape index (κ3) is 3.55. The van der Waals surface area contributed by atoms with E-state index in [0.29, 0.717) is 12.4 Å². The van der Waals surface area contributed by atoms with E-state index < -0.39 is 28.9 Å². The van der Waals surface area contributed by atoms with Gasteiger partial charge in [-0.1, -0.05) is 0 Å². The van der Waals surface area contributed by atoms with Crippen molar-refractivity contribution in [1.82, 2.24) is 13.9 Å². The Labute approximate surface area is 120 Å². The standard InChI is InChI=1S/C11H16F3N3O3S/c1-3-16-6-10(15-8(16)2)21(18,19)17-4-9(5-17)20-7-11(12,13)14/h6,9H,3-5,7H2,1-2H3. The van der Waals surface area contributed by atoms with Crippen LogP contribution in [0, 0.1) is 6.92 Å². The summed E-state index contributed by atoms with van der Waals surface area (Å²) in [5, 5.41) is -0.0869.